The average Bonchev–Trinajstić information content (AvgIpc) is 3.76. The van der Waals surface area contributed by atoms with Crippen molar-refractivity contribution in [3.8, 4) is 57.4 Å². The third kappa shape index (κ3) is 3.65. The summed E-state index contributed by atoms with van der Waals surface area (Å²) in [6.45, 7) is 0. The minimum atomic E-state index is -0.147. The fourth-order valence-corrected chi connectivity index (χ4v) is 5.83. The number of nitrogens with zero attached hydrogens (tertiary/aromatic N) is 7. The first kappa shape index (κ1) is 25.7. The van der Waals surface area contributed by atoms with Gasteiger partial charge >= 0.3 is 0 Å². The molecular weight excluding hydrogens is 597 g/mol. The minimum absolute atomic E-state index is 0. The summed E-state index contributed by atoms with van der Waals surface area (Å²) in [5.41, 5.74) is 5.39. The summed E-state index contributed by atoms with van der Waals surface area (Å²) in [5, 5.41) is 23.5. The molecule has 1 radical (unpaired) electrons. The van der Waals surface area contributed by atoms with E-state index in [0.717, 1.165) is 33.0 Å². The molecule has 3 N–H and O–H groups in total. The Bertz CT molecular complexity index is 2560. The molecular formula is C33H17CoN9O. The molecule has 5 heterocycles. The second-order valence-corrected chi connectivity index (χ2v) is 10.2. The molecule has 2 aliphatic heterocycles. The number of aromatic amines is 2. The number of aromatic hydroxyl groups is 1. The summed E-state index contributed by atoms with van der Waals surface area (Å²) in [7, 11) is 0. The van der Waals surface area contributed by atoms with Crippen LogP contribution in [0.4, 0.5) is 0 Å². The molecule has 2 aliphatic rings. The van der Waals surface area contributed by atoms with Crippen LogP contribution in [0.2, 0.25) is 0 Å². The molecule has 3 aromatic heterocycles. The summed E-state index contributed by atoms with van der Waals surface area (Å²) in [5.74, 6) is 1.73. The largest absolute Gasteiger partial charge is 0.507 e. The predicted molar refractivity (Wildman–Crippen MR) is 162 cm³/mol. The zero-order chi connectivity index (χ0) is 28.7. The van der Waals surface area contributed by atoms with Crippen LogP contribution in [0.3, 0.4) is 0 Å². The van der Waals surface area contributed by atoms with Crippen LogP contribution in [0.25, 0.3) is 89.7 Å². The van der Waals surface area contributed by atoms with E-state index in [1.165, 1.54) is 6.07 Å². The zero-order valence-electron chi connectivity index (χ0n) is 22.5. The van der Waals surface area contributed by atoms with Gasteiger partial charge in [0.25, 0.3) is 0 Å². The Hall–Kier alpha value is -5.96. The number of H-pyrrole nitrogens is 2. The van der Waals surface area contributed by atoms with Gasteiger partial charge in [-0.05, 0) is 12.1 Å². The van der Waals surface area contributed by atoms with Crippen molar-refractivity contribution in [2.45, 2.75) is 0 Å². The van der Waals surface area contributed by atoms with Gasteiger partial charge in [0.1, 0.15) is 40.0 Å². The second-order valence-electron chi connectivity index (χ2n) is 10.2. The van der Waals surface area contributed by atoms with Gasteiger partial charge in [-0.25, -0.2) is 29.9 Å². The molecule has 0 saturated carbocycles. The van der Waals surface area contributed by atoms with E-state index in [1.807, 2.05) is 72.8 Å². The molecule has 0 fully saturated rings. The van der Waals surface area contributed by atoms with E-state index in [9.17, 15) is 10.4 Å². The maximum absolute atomic E-state index is 10.6. The number of hydrogen-bond acceptors (Lipinski definition) is 8. The van der Waals surface area contributed by atoms with Gasteiger partial charge in [0.05, 0.1) is 0 Å². The first-order valence-corrected chi connectivity index (χ1v) is 13.5. The van der Waals surface area contributed by atoms with Gasteiger partial charge in [0.2, 0.25) is 0 Å². The molecule has 11 heteroatoms. The van der Waals surface area contributed by atoms with E-state index in [0.29, 0.717) is 56.7 Å². The van der Waals surface area contributed by atoms with Gasteiger partial charge in [-0.3, -0.25) is 0 Å². The summed E-state index contributed by atoms with van der Waals surface area (Å²) in [4.78, 5) is 36.2. The Morgan fingerprint density at radius 3 is 1.39 bits per heavy atom. The van der Waals surface area contributed by atoms with E-state index in [4.69, 9.17) is 29.9 Å². The number of nitrogens with one attached hydrogen (secondary N) is 2. The monoisotopic (exact) mass is 614 g/mol. The summed E-state index contributed by atoms with van der Waals surface area (Å²) >= 11 is 0. The van der Waals surface area contributed by atoms with E-state index in [1.54, 1.807) is 6.07 Å². The van der Waals surface area contributed by atoms with Crippen molar-refractivity contribution >= 4 is 44.1 Å². The van der Waals surface area contributed by atoms with E-state index in [2.05, 4.69) is 16.0 Å². The first-order chi connectivity index (χ1) is 21.2. The van der Waals surface area contributed by atoms with Gasteiger partial charge in [0, 0.05) is 60.6 Å². The molecule has 44 heavy (non-hydrogen) atoms. The molecule has 0 atom stereocenters. The van der Waals surface area contributed by atoms with Crippen LogP contribution < -0.4 is 0 Å². The van der Waals surface area contributed by atoms with Gasteiger partial charge in [-0.2, -0.15) is 5.26 Å². The molecule has 0 aliphatic carbocycles. The summed E-state index contributed by atoms with van der Waals surface area (Å²) in [6, 6.07) is 28.8. The van der Waals surface area contributed by atoms with Crippen LogP contribution in [0.1, 0.15) is 5.56 Å². The second kappa shape index (κ2) is 9.53. The smallest absolute Gasteiger partial charge is 0.164 e. The van der Waals surface area contributed by atoms with Crippen molar-refractivity contribution in [1.82, 2.24) is 39.9 Å². The Morgan fingerprint density at radius 2 is 0.909 bits per heavy atom. The number of hydrogen-bond donors (Lipinski definition) is 3. The van der Waals surface area contributed by atoms with Crippen molar-refractivity contribution in [2.24, 2.45) is 0 Å². The first-order valence-electron chi connectivity index (χ1n) is 13.5. The summed E-state index contributed by atoms with van der Waals surface area (Å²) in [6.07, 6.45) is 0. The molecule has 8 bridgehead atoms. The van der Waals surface area contributed by atoms with Crippen molar-refractivity contribution < 1.29 is 21.9 Å². The van der Waals surface area contributed by atoms with Crippen LogP contribution in [0.5, 0.6) is 5.75 Å². The summed E-state index contributed by atoms with van der Waals surface area (Å²) < 4.78 is 0. The SMILES string of the molecule is N#Cc1c(O)ccc2c3nc4nc(nc5[nH]c(nc6nc(nc([nH]3)c12)-c1ccccc1-6)c1ccccc51)-c1ccccc1-4.[Co]. The van der Waals surface area contributed by atoms with E-state index < -0.39 is 0 Å². The number of fused-ring (bicyclic) bond motifs is 20. The third-order valence-electron chi connectivity index (χ3n) is 7.81. The molecule has 4 aromatic carbocycles. The molecule has 0 saturated heterocycles. The Morgan fingerprint density at radius 1 is 0.500 bits per heavy atom. The van der Waals surface area contributed by atoms with Crippen molar-refractivity contribution in [3.05, 3.63) is 90.5 Å². The number of benzene rings is 4. The number of rotatable bonds is 0. The molecule has 0 unspecified atom stereocenters. The van der Waals surface area contributed by atoms with Gasteiger partial charge in [-0.1, -0.05) is 72.8 Å². The molecule has 10 nitrogen and oxygen atoms in total. The van der Waals surface area contributed by atoms with E-state index in [-0.39, 0.29) is 28.1 Å². The average molecular weight is 614 g/mol. The van der Waals surface area contributed by atoms with Gasteiger partial charge in [0.15, 0.2) is 23.3 Å². The molecule has 0 amide bonds. The quantitative estimate of drug-likeness (QED) is 0.176. The minimum Gasteiger partial charge on any atom is -0.507 e. The topological polar surface area (TPSA) is 153 Å². The van der Waals surface area contributed by atoms with Crippen LogP contribution in [-0.4, -0.2) is 45.0 Å². The molecule has 9 rings (SSSR count). The maximum atomic E-state index is 10.6. The number of nitriles is 1. The molecule has 209 valence electrons. The predicted octanol–water partition coefficient (Wildman–Crippen LogP) is 6.44. The fraction of sp³-hybridized carbons (Fsp3) is 0. The van der Waals surface area contributed by atoms with Crippen molar-refractivity contribution in [1.29, 1.82) is 5.26 Å². The van der Waals surface area contributed by atoms with Crippen LogP contribution >= 0.6 is 0 Å². The van der Waals surface area contributed by atoms with Crippen molar-refractivity contribution in [2.75, 3.05) is 0 Å². The fourth-order valence-electron chi connectivity index (χ4n) is 5.83. The van der Waals surface area contributed by atoms with Crippen LogP contribution in [0, 0.1) is 11.3 Å². The Balaban J connectivity index is 0.00000289. The zero-order valence-corrected chi connectivity index (χ0v) is 23.5. The molecule has 0 spiro atoms. The number of aromatic nitrogens is 8. The number of phenolic OH excluding ortho intramolecular Hbond substituents is 1. The van der Waals surface area contributed by atoms with E-state index >= 15 is 0 Å². The van der Waals surface area contributed by atoms with Gasteiger partial charge < -0.3 is 15.1 Å². The molecule has 7 aromatic rings. The normalized spacial score (nSPS) is 11.5. The standard InChI is InChI=1S/C33H17N9O.Co/c34-15-23-24(43)14-13-22-25(23)33-41-31-21-12-6-5-11-20(21)29(39-31)37-27-17-8-2-1-7-16(17)26(35-27)36-28-18-9-3-4-10-19(18)30(38-28)40-32(22)42-33;/h1-14,43H,(H2,35,36,37,38,39,40,41,42);. The Labute approximate surface area is 258 Å². The maximum Gasteiger partial charge on any atom is 0.164 e. The third-order valence-corrected chi connectivity index (χ3v) is 7.81. The Kier molecular flexibility index (Phi) is 5.57. The van der Waals surface area contributed by atoms with Crippen molar-refractivity contribution in [3.63, 3.8) is 0 Å². The number of phenols is 1. The van der Waals surface area contributed by atoms with Gasteiger partial charge in [-0.15, -0.1) is 0 Å². The van der Waals surface area contributed by atoms with Crippen LogP contribution in [-0.2, 0) is 16.8 Å². The van der Waals surface area contributed by atoms with Crippen LogP contribution in [0.15, 0.2) is 84.9 Å².